The van der Waals surface area contributed by atoms with Crippen LogP contribution in [0.5, 0.6) is 5.88 Å². The molecule has 2 heterocycles. The van der Waals surface area contributed by atoms with Gasteiger partial charge in [-0.05, 0) is 11.6 Å². The van der Waals surface area contributed by atoms with Crippen molar-refractivity contribution in [3.63, 3.8) is 0 Å². The zero-order chi connectivity index (χ0) is 19.3. The van der Waals surface area contributed by atoms with Crippen LogP contribution >= 0.6 is 11.8 Å². The molecule has 0 radical (unpaired) electrons. The molecule has 1 aromatic carbocycles. The highest BCUT2D eigenvalue weighted by atomic mass is 32.2. The van der Waals surface area contributed by atoms with Gasteiger partial charge in [-0.15, -0.1) is 11.8 Å². The number of pyridine rings is 1. The molecule has 8 heteroatoms. The molecule has 4 nitrogen and oxygen atoms in total. The van der Waals surface area contributed by atoms with Gasteiger partial charge in [0.25, 0.3) is 0 Å². The Morgan fingerprint density at radius 1 is 1.26 bits per heavy atom. The van der Waals surface area contributed by atoms with Crippen molar-refractivity contribution in [1.82, 2.24) is 9.88 Å². The quantitative estimate of drug-likeness (QED) is 0.740. The number of nitrogens with zero attached hydrogens (tertiary/aromatic N) is 2. The molecule has 1 aromatic heterocycles. The minimum absolute atomic E-state index is 0.0130. The predicted octanol–water partition coefficient (Wildman–Crippen LogP) is 4.01. The number of carbonyl (C=O) groups is 1. The third-order valence-corrected chi connectivity index (χ3v) is 5.17. The third kappa shape index (κ3) is 5.63. The Bertz CT molecular complexity index is 771. The zero-order valence-corrected chi connectivity index (χ0v) is 15.3. The lowest BCUT2D eigenvalue weighted by atomic mass is 10.2. The van der Waals surface area contributed by atoms with Gasteiger partial charge in [0.15, 0.2) is 0 Å². The standard InChI is InChI=1S/C19H19F3N2O2S/c20-19(21,22)15-6-8-23-17(10-15)26-16-7-9-24(11-16)18(25)13-27-12-14-4-2-1-3-5-14/h1-6,8,10,16H,7,9,11-13H2/t16-/m1/s1. The van der Waals surface area contributed by atoms with E-state index in [1.54, 1.807) is 16.7 Å². The van der Waals surface area contributed by atoms with Crippen molar-refractivity contribution in [3.8, 4) is 5.88 Å². The molecule has 1 aliphatic rings. The smallest absolute Gasteiger partial charge is 0.416 e. The molecule has 0 saturated carbocycles. The average Bonchev–Trinajstić information content (AvgIpc) is 3.11. The summed E-state index contributed by atoms with van der Waals surface area (Å²) < 4.78 is 43.8. The largest absolute Gasteiger partial charge is 0.472 e. The first-order valence-electron chi connectivity index (χ1n) is 8.51. The van der Waals surface area contributed by atoms with Crippen LogP contribution in [-0.4, -0.2) is 40.7 Å². The zero-order valence-electron chi connectivity index (χ0n) is 14.5. The molecule has 3 rings (SSSR count). The monoisotopic (exact) mass is 396 g/mol. The minimum atomic E-state index is -4.44. The predicted molar refractivity (Wildman–Crippen MR) is 97.5 cm³/mol. The van der Waals surface area contributed by atoms with Crippen LogP contribution in [0.15, 0.2) is 48.7 Å². The third-order valence-electron chi connectivity index (χ3n) is 4.18. The highest BCUT2D eigenvalue weighted by Crippen LogP contribution is 2.31. The number of aromatic nitrogens is 1. The lowest BCUT2D eigenvalue weighted by molar-refractivity contribution is -0.137. The van der Waals surface area contributed by atoms with Gasteiger partial charge in [0.05, 0.1) is 17.9 Å². The van der Waals surface area contributed by atoms with Crippen molar-refractivity contribution >= 4 is 17.7 Å². The first kappa shape index (κ1) is 19.5. The maximum Gasteiger partial charge on any atom is 0.416 e. The van der Waals surface area contributed by atoms with Crippen LogP contribution < -0.4 is 4.74 Å². The van der Waals surface area contributed by atoms with E-state index in [1.807, 2.05) is 30.3 Å². The van der Waals surface area contributed by atoms with Crippen molar-refractivity contribution in [2.75, 3.05) is 18.8 Å². The Kier molecular flexibility index (Phi) is 6.26. The van der Waals surface area contributed by atoms with Gasteiger partial charge in [0, 0.05) is 31.0 Å². The molecule has 1 atom stereocenters. The Labute approximate surface area is 159 Å². The number of rotatable bonds is 6. The van der Waals surface area contributed by atoms with Gasteiger partial charge in [-0.3, -0.25) is 4.79 Å². The maximum atomic E-state index is 12.8. The summed E-state index contributed by atoms with van der Waals surface area (Å²) in [7, 11) is 0. The summed E-state index contributed by atoms with van der Waals surface area (Å²) in [5, 5.41) is 0. The summed E-state index contributed by atoms with van der Waals surface area (Å²) in [5.74, 6) is 1.07. The molecule has 0 unspecified atom stereocenters. The molecule has 0 spiro atoms. The number of amides is 1. The van der Waals surface area contributed by atoms with Crippen molar-refractivity contribution in [3.05, 3.63) is 59.8 Å². The second-order valence-electron chi connectivity index (χ2n) is 6.23. The highest BCUT2D eigenvalue weighted by molar-refractivity contribution is 7.99. The number of ether oxygens (including phenoxy) is 1. The topological polar surface area (TPSA) is 42.4 Å². The molecule has 0 bridgehead atoms. The van der Waals surface area contributed by atoms with E-state index in [-0.39, 0.29) is 17.9 Å². The first-order chi connectivity index (χ1) is 12.9. The minimum Gasteiger partial charge on any atom is -0.472 e. The molecule has 1 amide bonds. The molecule has 0 aliphatic carbocycles. The van der Waals surface area contributed by atoms with Crippen LogP contribution in [0.4, 0.5) is 13.2 Å². The molecule has 27 heavy (non-hydrogen) atoms. The maximum absolute atomic E-state index is 12.8. The molecular formula is C19H19F3N2O2S. The fourth-order valence-corrected chi connectivity index (χ4v) is 3.68. The molecule has 1 saturated heterocycles. The highest BCUT2D eigenvalue weighted by Gasteiger charge is 2.32. The average molecular weight is 396 g/mol. The summed E-state index contributed by atoms with van der Waals surface area (Å²) in [6, 6.07) is 11.7. The van der Waals surface area contributed by atoms with Crippen molar-refractivity contribution < 1.29 is 22.7 Å². The van der Waals surface area contributed by atoms with Gasteiger partial charge < -0.3 is 9.64 Å². The van der Waals surface area contributed by atoms with Gasteiger partial charge in [0.2, 0.25) is 11.8 Å². The first-order valence-corrected chi connectivity index (χ1v) is 9.66. The van der Waals surface area contributed by atoms with E-state index in [9.17, 15) is 18.0 Å². The normalized spacial score (nSPS) is 17.1. The van der Waals surface area contributed by atoms with Gasteiger partial charge in [0.1, 0.15) is 6.10 Å². The van der Waals surface area contributed by atoms with Crippen molar-refractivity contribution in [2.24, 2.45) is 0 Å². The fraction of sp³-hybridized carbons (Fsp3) is 0.368. The molecule has 2 aromatic rings. The summed E-state index contributed by atoms with van der Waals surface area (Å²) in [4.78, 5) is 17.8. The second-order valence-corrected chi connectivity index (χ2v) is 7.21. The summed E-state index contributed by atoms with van der Waals surface area (Å²) in [6.07, 6.45) is -3.12. The number of likely N-dealkylation sites (tertiary alicyclic amines) is 1. The van der Waals surface area contributed by atoms with Crippen LogP contribution in [-0.2, 0) is 16.7 Å². The number of alkyl halides is 3. The van der Waals surface area contributed by atoms with E-state index in [1.165, 1.54) is 0 Å². The van der Waals surface area contributed by atoms with Crippen LogP contribution in [0.2, 0.25) is 0 Å². The van der Waals surface area contributed by atoms with E-state index >= 15 is 0 Å². The SMILES string of the molecule is O=C(CSCc1ccccc1)N1CC[C@@H](Oc2cc(C(F)(F)F)ccn2)C1. The van der Waals surface area contributed by atoms with Gasteiger partial charge in [-0.1, -0.05) is 30.3 Å². The van der Waals surface area contributed by atoms with E-state index in [0.29, 0.717) is 25.3 Å². The number of carbonyl (C=O) groups excluding carboxylic acids is 1. The van der Waals surface area contributed by atoms with E-state index in [2.05, 4.69) is 4.98 Å². The second kappa shape index (κ2) is 8.65. The molecule has 1 fully saturated rings. The number of hydrogen-bond donors (Lipinski definition) is 0. The molecule has 144 valence electrons. The van der Waals surface area contributed by atoms with Gasteiger partial charge in [-0.2, -0.15) is 13.2 Å². The molecular weight excluding hydrogens is 377 g/mol. The lowest BCUT2D eigenvalue weighted by Crippen LogP contribution is -2.32. The number of hydrogen-bond acceptors (Lipinski definition) is 4. The summed E-state index contributed by atoms with van der Waals surface area (Å²) >= 11 is 1.54. The number of thioether (sulfide) groups is 1. The van der Waals surface area contributed by atoms with Crippen molar-refractivity contribution in [2.45, 2.75) is 24.5 Å². The van der Waals surface area contributed by atoms with Crippen LogP contribution in [0.1, 0.15) is 17.5 Å². The number of benzene rings is 1. The number of halogens is 3. The van der Waals surface area contributed by atoms with E-state index in [0.717, 1.165) is 29.6 Å². The Morgan fingerprint density at radius 2 is 2.04 bits per heavy atom. The fourth-order valence-electron chi connectivity index (χ4n) is 2.79. The lowest BCUT2D eigenvalue weighted by Gasteiger charge is -2.17. The Hall–Kier alpha value is -2.22. The summed E-state index contributed by atoms with van der Waals surface area (Å²) in [5.41, 5.74) is 0.365. The van der Waals surface area contributed by atoms with Crippen LogP contribution in [0, 0.1) is 0 Å². The van der Waals surface area contributed by atoms with Gasteiger partial charge in [-0.25, -0.2) is 4.98 Å². The van der Waals surface area contributed by atoms with Gasteiger partial charge >= 0.3 is 6.18 Å². The Morgan fingerprint density at radius 3 is 2.78 bits per heavy atom. The van der Waals surface area contributed by atoms with E-state index < -0.39 is 11.7 Å². The molecule has 1 aliphatic heterocycles. The van der Waals surface area contributed by atoms with Crippen LogP contribution in [0.3, 0.4) is 0 Å². The van der Waals surface area contributed by atoms with Crippen LogP contribution in [0.25, 0.3) is 0 Å². The summed E-state index contributed by atoms with van der Waals surface area (Å²) in [6.45, 7) is 0.900. The van der Waals surface area contributed by atoms with E-state index in [4.69, 9.17) is 4.74 Å². The Balaban J connectivity index is 1.46. The molecule has 0 N–H and O–H groups in total. The van der Waals surface area contributed by atoms with Crippen molar-refractivity contribution in [1.29, 1.82) is 0 Å².